The van der Waals surface area contributed by atoms with E-state index in [9.17, 15) is 0 Å². The van der Waals surface area contributed by atoms with Crippen LogP contribution in [0.2, 0.25) is 0 Å². The Morgan fingerprint density at radius 1 is 0.556 bits per heavy atom. The van der Waals surface area contributed by atoms with Gasteiger partial charge in [0.25, 0.3) is 0 Å². The molecule has 1 aliphatic carbocycles. The van der Waals surface area contributed by atoms with E-state index in [1.165, 1.54) is 24.3 Å². The van der Waals surface area contributed by atoms with E-state index in [4.69, 9.17) is 26.3 Å². The van der Waals surface area contributed by atoms with Gasteiger partial charge < -0.3 is 14.9 Å². The molecule has 0 saturated heterocycles. The summed E-state index contributed by atoms with van der Waals surface area (Å²) in [4.78, 5) is 0. The molecule has 1 rings (SSSR count). The van der Waals surface area contributed by atoms with Gasteiger partial charge in [0.05, 0.1) is 0 Å². The summed E-state index contributed by atoms with van der Waals surface area (Å²) >= 11 is 0. The smallest absolute Gasteiger partial charge is 0.358 e. The minimum Gasteiger partial charge on any atom is -0.358 e. The van der Waals surface area contributed by atoms with Crippen LogP contribution in [0.25, 0.3) is 0 Å². The molecule has 12 heteroatoms. The van der Waals surface area contributed by atoms with Gasteiger partial charge in [-0.25, -0.2) is 131 Å². The largest absolute Gasteiger partial charge is 3.00 e. The number of hydrogen-bond donors (Lipinski definition) is 0. The molecule has 0 fully saturated rings. The predicted molar refractivity (Wildman–Crippen MR) is 154 cm³/mol. The van der Waals surface area contributed by atoms with Crippen molar-refractivity contribution in [2.75, 3.05) is 0 Å². The minimum absolute atomic E-state index is 0. The van der Waals surface area contributed by atoms with E-state index >= 15 is 0 Å². The second-order valence-corrected chi connectivity index (χ2v) is 4.70. The molecule has 45 heavy (non-hydrogen) atoms. The van der Waals surface area contributed by atoms with Crippen molar-refractivity contribution in [3.05, 3.63) is 197 Å². The first-order chi connectivity index (χ1) is 15.2. The van der Waals surface area contributed by atoms with Crippen molar-refractivity contribution in [3.8, 4) is 0 Å². The molecule has 0 nitrogen and oxygen atoms in total. The zero-order chi connectivity index (χ0) is 24.3. The molecule has 1 aliphatic rings. The van der Waals surface area contributed by atoms with Gasteiger partial charge in [-0.1, -0.05) is 0 Å². The van der Waals surface area contributed by atoms with Crippen LogP contribution in [0.15, 0.2) is 109 Å². The third-order valence-electron chi connectivity index (χ3n) is 2.29. The summed E-state index contributed by atoms with van der Waals surface area (Å²) in [6.07, 6.45) is 40.9. The average molecular weight is 1690 g/mol. The molecule has 0 heterocycles. The van der Waals surface area contributed by atoms with Crippen LogP contribution >= 0.6 is 0 Å². The van der Waals surface area contributed by atoms with Gasteiger partial charge in [0.1, 0.15) is 0 Å². The van der Waals surface area contributed by atoms with Crippen molar-refractivity contribution < 1.29 is 369 Å². The molecule has 0 aromatic rings. The van der Waals surface area contributed by atoms with E-state index < -0.39 is 0 Å². The van der Waals surface area contributed by atoms with Gasteiger partial charge in [0, 0.05) is 271 Å². The van der Waals surface area contributed by atoms with Crippen LogP contribution in [0.3, 0.4) is 0 Å². The Kier molecular flexibility index (Phi) is 365. The fourth-order valence-electron chi connectivity index (χ4n) is 1.08. The molecular weight excluding hydrogens is 1650 g/mol. The topological polar surface area (TPSA) is 0 Å². The van der Waals surface area contributed by atoms with E-state index in [1.807, 2.05) is 36.5 Å². The van der Waals surface area contributed by atoms with Gasteiger partial charge >= 0.3 is 98.1 Å². The third-order valence-corrected chi connectivity index (χ3v) is 2.29. The molecule has 0 unspecified atom stereocenters. The number of rotatable bonds is 4. The Morgan fingerprint density at radius 2 is 0.867 bits per heavy atom. The monoisotopic (exact) mass is 1690 g/mol. The summed E-state index contributed by atoms with van der Waals surface area (Å²) in [5.74, 6) is 0. The molecule has 7 radical (unpaired) electrons. The van der Waals surface area contributed by atoms with Crippen molar-refractivity contribution in [2.45, 2.75) is 12.8 Å². The molecule has 0 amide bonds. The summed E-state index contributed by atoms with van der Waals surface area (Å²) in [5.41, 5.74) is 0. The van der Waals surface area contributed by atoms with Crippen molar-refractivity contribution in [3.63, 3.8) is 0 Å². The maximum Gasteiger partial charge on any atom is 3.00 e. The molecule has 0 spiro atoms. The summed E-state index contributed by atoms with van der Waals surface area (Å²) in [6.45, 7) is 33.1. The SMILES string of the molecule is [C-]1=CC=C[C-]=CC=C[CH-]CC1.[CH-]=CC=C[CH2-].[CH-]=CC=C[CH2-].[CH-]=CC=C[CH2-].[CH-]=CC=C[CH2-].[CH3-].[CH3-].[W].[W].[Y+3].[Y+3].[Y+3].[Y].[Y].[Y].[Y].[Y].[Y].[Y]. The van der Waals surface area contributed by atoms with Gasteiger partial charge in [0.2, 0.25) is 0 Å². The molecule has 0 N–H and O–H groups in total. The summed E-state index contributed by atoms with van der Waals surface area (Å²) in [5, 5.41) is 0. The molecule has 0 atom stereocenters. The second-order valence-electron chi connectivity index (χ2n) is 4.70. The standard InChI is InChI=1S/C11H11.4C5H6.2CH3.2W.10Y/c1-2-4-6-8-10-11-9-7-5-3-1;4*1-3-5-4-2;;;;;;;;;;;;;;/h1-4,8,10-11H,5,7H2;4*1,3-5H,2H2;2*1H3;;;;;;;;;;;;/q-3;4*-2;2*-1;;;;;;;;;;3*+3. The van der Waals surface area contributed by atoms with Crippen LogP contribution in [0, 0.1) is 87.4 Å². The Bertz CT molecular complexity index is 555. The van der Waals surface area contributed by atoms with E-state index in [1.54, 1.807) is 48.6 Å². The van der Waals surface area contributed by atoms with E-state index in [2.05, 4.69) is 46.3 Å². The molecular formula is C33H41W2Y10-4. The van der Waals surface area contributed by atoms with Crippen LogP contribution in [0.4, 0.5) is 0 Å². The third kappa shape index (κ3) is 177. The van der Waals surface area contributed by atoms with Gasteiger partial charge in [-0.2, -0.15) is 18.2 Å². The van der Waals surface area contributed by atoms with Gasteiger partial charge in [-0.05, 0) is 0 Å². The van der Waals surface area contributed by atoms with Gasteiger partial charge in [0.15, 0.2) is 0 Å². The summed E-state index contributed by atoms with van der Waals surface area (Å²) in [7, 11) is 0. The summed E-state index contributed by atoms with van der Waals surface area (Å²) < 4.78 is 0. The predicted octanol–water partition coefficient (Wildman–Crippen LogP) is 9.15. The second kappa shape index (κ2) is 140. The Morgan fingerprint density at radius 3 is 1.11 bits per heavy atom. The first-order valence-corrected chi connectivity index (χ1v) is 9.43. The van der Waals surface area contributed by atoms with Crippen LogP contribution in [0.5, 0.6) is 0 Å². The summed E-state index contributed by atoms with van der Waals surface area (Å²) in [6, 6.07) is 0. The normalized spacial score (nSPS) is 8.18. The van der Waals surface area contributed by atoms with Gasteiger partial charge in [-0.15, -0.1) is 12.8 Å². The van der Waals surface area contributed by atoms with E-state index in [0.717, 1.165) is 12.8 Å². The Balaban J connectivity index is -0.0000000122. The molecule has 0 aliphatic heterocycles. The average Bonchev–Trinajstić information content (AvgIpc) is 2.85. The van der Waals surface area contributed by atoms with Crippen molar-refractivity contribution in [1.29, 1.82) is 0 Å². The van der Waals surface area contributed by atoms with Crippen molar-refractivity contribution >= 4 is 0 Å². The van der Waals surface area contributed by atoms with E-state index in [-0.39, 0.29) is 384 Å². The number of allylic oxidation sites excluding steroid dienone is 20. The molecule has 0 bridgehead atoms. The van der Waals surface area contributed by atoms with Crippen molar-refractivity contribution in [1.82, 2.24) is 0 Å². The molecule has 219 valence electrons. The van der Waals surface area contributed by atoms with E-state index in [0.29, 0.717) is 0 Å². The molecule has 0 saturated carbocycles. The fourth-order valence-corrected chi connectivity index (χ4v) is 1.08. The molecule has 0 aromatic heterocycles. The van der Waals surface area contributed by atoms with Gasteiger partial charge in [-0.3, -0.25) is 32.4 Å². The first kappa shape index (κ1) is 117. The first-order valence-electron chi connectivity index (χ1n) is 9.43. The zero-order valence-corrected chi connectivity index (χ0v) is 61.4. The van der Waals surface area contributed by atoms with Crippen LogP contribution in [-0.4, -0.2) is 0 Å². The quantitative estimate of drug-likeness (QED) is 0.195. The van der Waals surface area contributed by atoms with Crippen LogP contribution in [-0.2, 0) is 369 Å². The zero-order valence-electron chi connectivity index (χ0n) is 27.1. The van der Waals surface area contributed by atoms with Crippen LogP contribution < -0.4 is 0 Å². The minimum atomic E-state index is 0. The Labute approximate surface area is 564 Å². The molecule has 0 aromatic carbocycles. The maximum atomic E-state index is 4.89. The van der Waals surface area contributed by atoms with Crippen molar-refractivity contribution in [2.24, 2.45) is 0 Å². The Hall–Kier alpha value is 8.65. The maximum absolute atomic E-state index is 4.89. The number of hydrogen-bond acceptors (Lipinski definition) is 0. The van der Waals surface area contributed by atoms with Crippen LogP contribution in [0.1, 0.15) is 12.8 Å². The fraction of sp³-hybridized carbons (Fsp3) is 0.0606.